The van der Waals surface area contributed by atoms with E-state index in [1.807, 2.05) is 6.07 Å². The maximum atomic E-state index is 11.0. The summed E-state index contributed by atoms with van der Waals surface area (Å²) >= 11 is 0. The SMILES string of the molecule is [NH]C(=O)c1cccc2c1CCCC2. The van der Waals surface area contributed by atoms with Crippen LogP contribution in [0.15, 0.2) is 18.2 Å². The van der Waals surface area contributed by atoms with Crippen LogP contribution >= 0.6 is 0 Å². The largest absolute Gasteiger partial charge is 0.269 e. The smallest absolute Gasteiger partial charge is 0.267 e. The molecule has 0 atom stereocenters. The van der Waals surface area contributed by atoms with Crippen LogP contribution < -0.4 is 5.73 Å². The molecule has 0 aliphatic heterocycles. The number of fused-ring (bicyclic) bond motifs is 1. The van der Waals surface area contributed by atoms with Gasteiger partial charge in [-0.2, -0.15) is 0 Å². The van der Waals surface area contributed by atoms with E-state index in [-0.39, 0.29) is 0 Å². The molecule has 0 unspecified atom stereocenters. The van der Waals surface area contributed by atoms with Gasteiger partial charge in [0.1, 0.15) is 0 Å². The lowest BCUT2D eigenvalue weighted by Crippen LogP contribution is -2.10. The minimum Gasteiger partial charge on any atom is -0.267 e. The fourth-order valence-corrected chi connectivity index (χ4v) is 1.99. The second-order valence-corrected chi connectivity index (χ2v) is 3.48. The van der Waals surface area contributed by atoms with E-state index >= 15 is 0 Å². The van der Waals surface area contributed by atoms with Gasteiger partial charge in [-0.15, -0.1) is 0 Å². The van der Waals surface area contributed by atoms with Gasteiger partial charge in [-0.3, -0.25) is 10.5 Å². The van der Waals surface area contributed by atoms with Crippen molar-refractivity contribution >= 4 is 5.91 Å². The van der Waals surface area contributed by atoms with Gasteiger partial charge in [0.05, 0.1) is 0 Å². The van der Waals surface area contributed by atoms with Crippen molar-refractivity contribution in [3.05, 3.63) is 34.9 Å². The zero-order valence-corrected chi connectivity index (χ0v) is 7.47. The fraction of sp³-hybridized carbons (Fsp3) is 0.364. The highest BCUT2D eigenvalue weighted by molar-refractivity contribution is 5.94. The summed E-state index contributed by atoms with van der Waals surface area (Å²) in [6.45, 7) is 0. The van der Waals surface area contributed by atoms with E-state index in [9.17, 15) is 4.79 Å². The standard InChI is InChI=1S/C11H12NO/c12-11(13)10-7-3-5-8-4-1-2-6-9(8)10/h3,5,7,12H,1-2,4,6H2. The Balaban J connectivity index is 2.52. The van der Waals surface area contributed by atoms with Crippen molar-refractivity contribution < 1.29 is 4.79 Å². The number of aryl methyl sites for hydroxylation is 1. The summed E-state index contributed by atoms with van der Waals surface area (Å²) in [7, 11) is 0. The molecule has 1 aromatic carbocycles. The van der Waals surface area contributed by atoms with E-state index < -0.39 is 5.91 Å². The predicted molar refractivity (Wildman–Crippen MR) is 50.5 cm³/mol. The number of amides is 1. The van der Waals surface area contributed by atoms with Crippen LogP contribution in [-0.4, -0.2) is 5.91 Å². The lowest BCUT2D eigenvalue weighted by Gasteiger charge is -2.17. The van der Waals surface area contributed by atoms with Crippen LogP contribution in [0.5, 0.6) is 0 Å². The van der Waals surface area contributed by atoms with Gasteiger partial charge in [-0.25, -0.2) is 0 Å². The normalized spacial score (nSPS) is 15.1. The molecule has 67 valence electrons. The van der Waals surface area contributed by atoms with E-state index in [1.54, 1.807) is 6.07 Å². The van der Waals surface area contributed by atoms with E-state index in [0.29, 0.717) is 5.56 Å². The maximum absolute atomic E-state index is 11.0. The third kappa shape index (κ3) is 1.44. The molecule has 0 bridgehead atoms. The molecule has 2 rings (SSSR count). The van der Waals surface area contributed by atoms with Gasteiger partial charge >= 0.3 is 0 Å². The van der Waals surface area contributed by atoms with Gasteiger partial charge in [-0.05, 0) is 42.9 Å². The van der Waals surface area contributed by atoms with Gasteiger partial charge in [0.25, 0.3) is 5.91 Å². The first-order valence-corrected chi connectivity index (χ1v) is 4.66. The first-order chi connectivity index (χ1) is 6.29. The molecule has 2 nitrogen and oxygen atoms in total. The van der Waals surface area contributed by atoms with Crippen molar-refractivity contribution in [1.82, 2.24) is 5.73 Å². The van der Waals surface area contributed by atoms with Crippen LogP contribution in [0.2, 0.25) is 0 Å². The zero-order chi connectivity index (χ0) is 9.26. The Morgan fingerprint density at radius 3 is 2.77 bits per heavy atom. The summed E-state index contributed by atoms with van der Waals surface area (Å²) in [6.07, 6.45) is 4.40. The Bertz CT molecular complexity index is 344. The minimum atomic E-state index is -0.543. The van der Waals surface area contributed by atoms with Crippen molar-refractivity contribution in [2.75, 3.05) is 0 Å². The van der Waals surface area contributed by atoms with Gasteiger partial charge in [-0.1, -0.05) is 12.1 Å². The highest BCUT2D eigenvalue weighted by Gasteiger charge is 2.15. The molecule has 13 heavy (non-hydrogen) atoms. The second kappa shape index (κ2) is 3.21. The highest BCUT2D eigenvalue weighted by atomic mass is 16.1. The van der Waals surface area contributed by atoms with Crippen LogP contribution in [0.25, 0.3) is 0 Å². The number of carbonyl (C=O) groups excluding carboxylic acids is 1. The molecular formula is C11H12NO. The van der Waals surface area contributed by atoms with Gasteiger partial charge < -0.3 is 0 Å². The van der Waals surface area contributed by atoms with Gasteiger partial charge in [0.2, 0.25) is 0 Å². The van der Waals surface area contributed by atoms with E-state index in [1.165, 1.54) is 12.0 Å². The molecular weight excluding hydrogens is 162 g/mol. The lowest BCUT2D eigenvalue weighted by atomic mass is 9.88. The lowest BCUT2D eigenvalue weighted by molar-refractivity contribution is 0.0991. The van der Waals surface area contributed by atoms with Crippen molar-refractivity contribution in [1.29, 1.82) is 0 Å². The summed E-state index contributed by atoms with van der Waals surface area (Å²) in [5.41, 5.74) is 10.1. The number of hydrogen-bond donors (Lipinski definition) is 0. The monoisotopic (exact) mass is 174 g/mol. The molecule has 1 aliphatic carbocycles. The molecule has 2 heteroatoms. The summed E-state index contributed by atoms with van der Waals surface area (Å²) in [5.74, 6) is -0.543. The quantitative estimate of drug-likeness (QED) is 0.641. The Morgan fingerprint density at radius 1 is 1.23 bits per heavy atom. The number of benzene rings is 1. The van der Waals surface area contributed by atoms with E-state index in [4.69, 9.17) is 5.73 Å². The Labute approximate surface area is 77.8 Å². The van der Waals surface area contributed by atoms with E-state index in [2.05, 4.69) is 6.07 Å². The topological polar surface area (TPSA) is 40.9 Å². The summed E-state index contributed by atoms with van der Waals surface area (Å²) < 4.78 is 0. The molecule has 1 aliphatic rings. The van der Waals surface area contributed by atoms with Crippen LogP contribution in [0.3, 0.4) is 0 Å². The number of nitrogens with one attached hydrogen (secondary N) is 1. The average Bonchev–Trinajstić information content (AvgIpc) is 2.17. The molecule has 1 aromatic rings. The molecule has 0 fully saturated rings. The third-order valence-electron chi connectivity index (χ3n) is 2.64. The fourth-order valence-electron chi connectivity index (χ4n) is 1.99. The first kappa shape index (κ1) is 8.30. The first-order valence-electron chi connectivity index (χ1n) is 4.66. The molecule has 0 saturated carbocycles. The number of rotatable bonds is 1. The van der Waals surface area contributed by atoms with Crippen LogP contribution in [0, 0.1) is 0 Å². The molecule has 0 saturated heterocycles. The van der Waals surface area contributed by atoms with Crippen molar-refractivity contribution in [2.45, 2.75) is 25.7 Å². The molecule has 0 aromatic heterocycles. The average molecular weight is 174 g/mol. The Kier molecular flexibility index (Phi) is 2.05. The summed E-state index contributed by atoms with van der Waals surface area (Å²) in [5, 5.41) is 0. The van der Waals surface area contributed by atoms with Crippen LogP contribution in [0.4, 0.5) is 0 Å². The molecule has 1 amide bonds. The molecule has 0 spiro atoms. The highest BCUT2D eigenvalue weighted by Crippen LogP contribution is 2.24. The van der Waals surface area contributed by atoms with E-state index in [0.717, 1.165) is 24.8 Å². The number of carbonyl (C=O) groups is 1. The van der Waals surface area contributed by atoms with Crippen LogP contribution in [0.1, 0.15) is 34.3 Å². The van der Waals surface area contributed by atoms with Gasteiger partial charge in [0.15, 0.2) is 0 Å². The molecule has 1 radical (unpaired) electrons. The third-order valence-corrected chi connectivity index (χ3v) is 2.64. The van der Waals surface area contributed by atoms with Crippen LogP contribution in [-0.2, 0) is 12.8 Å². The predicted octanol–water partition coefficient (Wildman–Crippen LogP) is 1.99. The summed E-state index contributed by atoms with van der Waals surface area (Å²) in [4.78, 5) is 11.0. The van der Waals surface area contributed by atoms with Crippen molar-refractivity contribution in [3.8, 4) is 0 Å². The number of hydrogen-bond acceptors (Lipinski definition) is 1. The van der Waals surface area contributed by atoms with Crippen molar-refractivity contribution in [2.24, 2.45) is 0 Å². The maximum Gasteiger partial charge on any atom is 0.269 e. The Hall–Kier alpha value is -1.31. The minimum absolute atomic E-state index is 0.543. The van der Waals surface area contributed by atoms with Crippen molar-refractivity contribution in [3.63, 3.8) is 0 Å². The zero-order valence-electron chi connectivity index (χ0n) is 7.47. The second-order valence-electron chi connectivity index (χ2n) is 3.48. The summed E-state index contributed by atoms with van der Waals surface area (Å²) in [6, 6.07) is 5.71. The Morgan fingerprint density at radius 2 is 2.00 bits per heavy atom. The molecule has 0 heterocycles. The van der Waals surface area contributed by atoms with Gasteiger partial charge in [0, 0.05) is 5.56 Å². The molecule has 1 N–H and O–H groups in total.